The SMILES string of the molecule is O=C(CNc1ccccc1I)N1CCc2sccc2C1. The van der Waals surface area contributed by atoms with Gasteiger partial charge in [0.25, 0.3) is 0 Å². The third kappa shape index (κ3) is 2.98. The van der Waals surface area contributed by atoms with Gasteiger partial charge in [-0.25, -0.2) is 0 Å². The highest BCUT2D eigenvalue weighted by Crippen LogP contribution is 2.24. The van der Waals surface area contributed by atoms with Crippen LogP contribution in [0.1, 0.15) is 10.4 Å². The van der Waals surface area contributed by atoms with E-state index in [1.165, 1.54) is 10.4 Å². The van der Waals surface area contributed by atoms with Crippen molar-refractivity contribution in [3.8, 4) is 0 Å². The Balaban J connectivity index is 1.59. The summed E-state index contributed by atoms with van der Waals surface area (Å²) < 4.78 is 1.14. The zero-order valence-corrected chi connectivity index (χ0v) is 13.9. The maximum atomic E-state index is 12.3. The highest BCUT2D eigenvalue weighted by molar-refractivity contribution is 14.1. The lowest BCUT2D eigenvalue weighted by molar-refractivity contribution is -0.130. The fraction of sp³-hybridized carbons (Fsp3) is 0.267. The molecule has 0 radical (unpaired) electrons. The molecule has 1 aliphatic heterocycles. The number of thiophene rings is 1. The predicted octanol–water partition coefficient (Wildman–Crippen LogP) is 3.35. The van der Waals surface area contributed by atoms with Crippen molar-refractivity contribution in [3.63, 3.8) is 0 Å². The third-order valence-electron chi connectivity index (χ3n) is 3.46. The predicted molar refractivity (Wildman–Crippen MR) is 91.1 cm³/mol. The number of hydrogen-bond donors (Lipinski definition) is 1. The Labute approximate surface area is 136 Å². The van der Waals surface area contributed by atoms with E-state index in [2.05, 4.69) is 39.4 Å². The van der Waals surface area contributed by atoms with E-state index in [9.17, 15) is 4.79 Å². The van der Waals surface area contributed by atoms with Crippen molar-refractivity contribution in [2.45, 2.75) is 13.0 Å². The minimum atomic E-state index is 0.168. The number of fused-ring (bicyclic) bond motifs is 1. The maximum Gasteiger partial charge on any atom is 0.242 e. The van der Waals surface area contributed by atoms with Gasteiger partial charge in [0.05, 0.1) is 6.54 Å². The van der Waals surface area contributed by atoms with Crippen LogP contribution in [-0.4, -0.2) is 23.9 Å². The van der Waals surface area contributed by atoms with Crippen molar-refractivity contribution >= 4 is 45.5 Å². The maximum absolute atomic E-state index is 12.3. The molecule has 104 valence electrons. The van der Waals surface area contributed by atoms with E-state index >= 15 is 0 Å². The first-order valence-corrected chi connectivity index (χ1v) is 8.51. The van der Waals surface area contributed by atoms with E-state index in [4.69, 9.17) is 0 Å². The molecule has 1 aromatic carbocycles. The van der Waals surface area contributed by atoms with E-state index < -0.39 is 0 Å². The van der Waals surface area contributed by atoms with Crippen LogP contribution in [0.25, 0.3) is 0 Å². The van der Waals surface area contributed by atoms with Crippen LogP contribution in [0.5, 0.6) is 0 Å². The Morgan fingerprint density at radius 1 is 1.35 bits per heavy atom. The number of amides is 1. The lowest BCUT2D eigenvalue weighted by Gasteiger charge is -2.27. The summed E-state index contributed by atoms with van der Waals surface area (Å²) in [4.78, 5) is 15.7. The number of para-hydroxylation sites is 1. The summed E-state index contributed by atoms with van der Waals surface area (Å²) in [5, 5.41) is 5.35. The number of anilines is 1. The molecule has 2 heterocycles. The molecule has 3 nitrogen and oxygen atoms in total. The summed E-state index contributed by atoms with van der Waals surface area (Å²) in [5.41, 5.74) is 2.33. The topological polar surface area (TPSA) is 32.3 Å². The van der Waals surface area contributed by atoms with Gasteiger partial charge in [0, 0.05) is 27.2 Å². The molecule has 0 unspecified atom stereocenters. The zero-order valence-electron chi connectivity index (χ0n) is 10.9. The van der Waals surface area contributed by atoms with Gasteiger partial charge < -0.3 is 10.2 Å². The van der Waals surface area contributed by atoms with Crippen molar-refractivity contribution in [2.24, 2.45) is 0 Å². The number of carbonyl (C=O) groups is 1. The number of hydrogen-bond acceptors (Lipinski definition) is 3. The summed E-state index contributed by atoms with van der Waals surface area (Å²) in [6.45, 7) is 1.95. The average molecular weight is 398 g/mol. The first kappa shape index (κ1) is 13.9. The molecule has 0 saturated carbocycles. The number of nitrogens with one attached hydrogen (secondary N) is 1. The molecule has 3 rings (SSSR count). The molecule has 2 aromatic rings. The Morgan fingerprint density at radius 2 is 2.20 bits per heavy atom. The first-order chi connectivity index (χ1) is 9.74. The second-order valence-corrected chi connectivity index (χ2v) is 6.93. The number of halogens is 1. The van der Waals surface area contributed by atoms with Crippen molar-refractivity contribution < 1.29 is 4.79 Å². The minimum absolute atomic E-state index is 0.168. The van der Waals surface area contributed by atoms with Gasteiger partial charge in [-0.2, -0.15) is 0 Å². The van der Waals surface area contributed by atoms with Gasteiger partial charge in [-0.3, -0.25) is 4.79 Å². The summed E-state index contributed by atoms with van der Waals surface area (Å²) in [7, 11) is 0. The average Bonchev–Trinajstić information content (AvgIpc) is 2.93. The summed E-state index contributed by atoms with van der Waals surface area (Å²) in [6, 6.07) is 10.1. The number of rotatable bonds is 3. The number of carbonyl (C=O) groups excluding carboxylic acids is 1. The Bertz CT molecular complexity index is 626. The van der Waals surface area contributed by atoms with Gasteiger partial charge in [0.1, 0.15) is 0 Å². The van der Waals surface area contributed by atoms with Gasteiger partial charge in [-0.15, -0.1) is 11.3 Å². The number of benzene rings is 1. The second-order valence-electron chi connectivity index (χ2n) is 4.77. The normalized spacial score (nSPS) is 13.9. The molecule has 1 amide bonds. The largest absolute Gasteiger partial charge is 0.375 e. The van der Waals surface area contributed by atoms with Crippen LogP contribution in [0.2, 0.25) is 0 Å². The van der Waals surface area contributed by atoms with E-state index in [-0.39, 0.29) is 5.91 Å². The molecule has 0 saturated heterocycles. The Morgan fingerprint density at radius 3 is 3.05 bits per heavy atom. The smallest absolute Gasteiger partial charge is 0.242 e. The lowest BCUT2D eigenvalue weighted by atomic mass is 10.1. The molecule has 5 heteroatoms. The van der Waals surface area contributed by atoms with Crippen LogP contribution < -0.4 is 5.32 Å². The fourth-order valence-electron chi connectivity index (χ4n) is 2.35. The van der Waals surface area contributed by atoms with Crippen LogP contribution in [0, 0.1) is 3.57 Å². The zero-order chi connectivity index (χ0) is 13.9. The molecule has 20 heavy (non-hydrogen) atoms. The Hall–Kier alpha value is -1.08. The molecule has 0 aliphatic carbocycles. The van der Waals surface area contributed by atoms with Gasteiger partial charge in [-0.05, 0) is 58.2 Å². The van der Waals surface area contributed by atoms with E-state index in [0.29, 0.717) is 6.54 Å². The lowest BCUT2D eigenvalue weighted by Crippen LogP contribution is -2.38. The summed E-state index contributed by atoms with van der Waals surface area (Å²) >= 11 is 4.07. The van der Waals surface area contributed by atoms with Crippen LogP contribution in [0.4, 0.5) is 5.69 Å². The summed E-state index contributed by atoms with van der Waals surface area (Å²) in [5.74, 6) is 0.168. The Kier molecular flexibility index (Phi) is 4.26. The highest BCUT2D eigenvalue weighted by Gasteiger charge is 2.21. The van der Waals surface area contributed by atoms with Crippen molar-refractivity contribution in [1.29, 1.82) is 0 Å². The van der Waals surface area contributed by atoms with Gasteiger partial charge in [-0.1, -0.05) is 12.1 Å². The van der Waals surface area contributed by atoms with Crippen LogP contribution in [0.3, 0.4) is 0 Å². The van der Waals surface area contributed by atoms with Gasteiger partial charge >= 0.3 is 0 Å². The quantitative estimate of drug-likeness (QED) is 0.805. The van der Waals surface area contributed by atoms with Crippen molar-refractivity contribution in [1.82, 2.24) is 4.90 Å². The fourth-order valence-corrected chi connectivity index (χ4v) is 3.82. The van der Waals surface area contributed by atoms with E-state index in [1.54, 1.807) is 11.3 Å². The molecule has 1 aromatic heterocycles. The van der Waals surface area contributed by atoms with Crippen molar-refractivity contribution in [3.05, 3.63) is 49.7 Å². The van der Waals surface area contributed by atoms with Crippen LogP contribution >= 0.6 is 33.9 Å². The molecule has 0 fully saturated rings. The van der Waals surface area contributed by atoms with Crippen LogP contribution in [0.15, 0.2) is 35.7 Å². The molecule has 1 N–H and O–H groups in total. The van der Waals surface area contributed by atoms with Crippen LogP contribution in [-0.2, 0) is 17.8 Å². The number of nitrogens with zero attached hydrogens (tertiary/aromatic N) is 1. The van der Waals surface area contributed by atoms with E-state index in [1.807, 2.05) is 29.2 Å². The molecule has 1 aliphatic rings. The molecule has 0 spiro atoms. The van der Waals surface area contributed by atoms with E-state index in [0.717, 1.165) is 28.8 Å². The van der Waals surface area contributed by atoms with Crippen molar-refractivity contribution in [2.75, 3.05) is 18.4 Å². The minimum Gasteiger partial charge on any atom is -0.375 e. The standard InChI is InChI=1S/C15H15IN2OS/c16-12-3-1-2-4-13(12)17-9-15(19)18-7-5-14-11(10-18)6-8-20-14/h1-4,6,8,17H,5,7,9-10H2. The highest BCUT2D eigenvalue weighted by atomic mass is 127. The molecular formula is C15H15IN2OS. The third-order valence-corrected chi connectivity index (χ3v) is 5.43. The van der Waals surface area contributed by atoms with Gasteiger partial charge in [0.2, 0.25) is 5.91 Å². The molecule has 0 bridgehead atoms. The van der Waals surface area contributed by atoms with Gasteiger partial charge in [0.15, 0.2) is 0 Å². The molecular weight excluding hydrogens is 383 g/mol. The first-order valence-electron chi connectivity index (χ1n) is 6.55. The summed E-state index contributed by atoms with van der Waals surface area (Å²) in [6.07, 6.45) is 0.988. The monoisotopic (exact) mass is 398 g/mol. The second kappa shape index (κ2) is 6.13. The molecule has 0 atom stereocenters.